The van der Waals surface area contributed by atoms with E-state index in [9.17, 15) is 14.4 Å². The molecule has 1 heterocycles. The lowest BCUT2D eigenvalue weighted by Gasteiger charge is -2.16. The Morgan fingerprint density at radius 2 is 1.92 bits per heavy atom. The second kappa shape index (κ2) is 7.56. The maximum absolute atomic E-state index is 12.3. The quantitative estimate of drug-likeness (QED) is 0.765. The Balaban J connectivity index is 1.68. The summed E-state index contributed by atoms with van der Waals surface area (Å²) in [5.74, 6) is -0.141. The summed E-state index contributed by atoms with van der Waals surface area (Å²) in [7, 11) is 1.47. The monoisotopic (exact) mass is 355 g/mol. The van der Waals surface area contributed by atoms with Gasteiger partial charge in [0.15, 0.2) is 11.5 Å². The van der Waals surface area contributed by atoms with Crippen LogP contribution in [0.15, 0.2) is 48.5 Å². The summed E-state index contributed by atoms with van der Waals surface area (Å²) < 4.78 is 11.0. The zero-order chi connectivity index (χ0) is 18.5. The van der Waals surface area contributed by atoms with Crippen molar-refractivity contribution in [1.29, 1.82) is 0 Å². The fraction of sp³-hybridized carbons (Fsp3) is 0.167. The number of urea groups is 1. The van der Waals surface area contributed by atoms with Gasteiger partial charge in [-0.05, 0) is 23.8 Å². The van der Waals surface area contributed by atoms with Crippen LogP contribution in [0.25, 0.3) is 0 Å². The van der Waals surface area contributed by atoms with Crippen LogP contribution >= 0.6 is 0 Å². The van der Waals surface area contributed by atoms with Crippen molar-refractivity contribution in [3.8, 4) is 11.5 Å². The molecular weight excluding hydrogens is 338 g/mol. The molecule has 0 spiro atoms. The van der Waals surface area contributed by atoms with Gasteiger partial charge in [0.25, 0.3) is 5.91 Å². The normalized spacial score (nSPS) is 13.3. The third-order valence-corrected chi connectivity index (χ3v) is 3.69. The third-order valence-electron chi connectivity index (χ3n) is 3.69. The van der Waals surface area contributed by atoms with Gasteiger partial charge in [0.2, 0.25) is 5.91 Å². The summed E-state index contributed by atoms with van der Waals surface area (Å²) in [6.07, 6.45) is 0. The third kappa shape index (κ3) is 3.92. The molecule has 0 saturated carbocycles. The van der Waals surface area contributed by atoms with Gasteiger partial charge in [-0.25, -0.2) is 9.80 Å². The maximum Gasteiger partial charge on any atom is 0.343 e. The van der Waals surface area contributed by atoms with E-state index >= 15 is 0 Å². The summed E-state index contributed by atoms with van der Waals surface area (Å²) in [6.45, 7) is 0.138. The molecule has 2 aromatic rings. The van der Waals surface area contributed by atoms with Crippen LogP contribution < -0.4 is 20.2 Å². The molecule has 8 nitrogen and oxygen atoms in total. The average Bonchev–Trinajstić information content (AvgIpc) is 2.97. The zero-order valence-corrected chi connectivity index (χ0v) is 14.0. The van der Waals surface area contributed by atoms with Crippen LogP contribution in [-0.4, -0.2) is 36.5 Å². The molecule has 3 rings (SSSR count). The predicted octanol–water partition coefficient (Wildman–Crippen LogP) is 1.47. The molecule has 0 atom stereocenters. The molecule has 0 bridgehead atoms. The van der Waals surface area contributed by atoms with Crippen molar-refractivity contribution in [2.24, 2.45) is 0 Å². The van der Waals surface area contributed by atoms with Crippen LogP contribution in [0.3, 0.4) is 0 Å². The lowest BCUT2D eigenvalue weighted by molar-refractivity contribution is -0.118. The van der Waals surface area contributed by atoms with Gasteiger partial charge in [-0.1, -0.05) is 30.3 Å². The van der Waals surface area contributed by atoms with Crippen molar-refractivity contribution in [2.75, 3.05) is 13.7 Å². The van der Waals surface area contributed by atoms with E-state index in [1.54, 1.807) is 12.1 Å². The van der Waals surface area contributed by atoms with E-state index in [1.165, 1.54) is 13.2 Å². The summed E-state index contributed by atoms with van der Waals surface area (Å²) in [5, 5.41) is 2.99. The Morgan fingerprint density at radius 3 is 2.58 bits per heavy atom. The molecule has 1 aliphatic heterocycles. The number of carbonyl (C=O) groups excluding carboxylic acids is 3. The predicted molar refractivity (Wildman–Crippen MR) is 91.5 cm³/mol. The van der Waals surface area contributed by atoms with Crippen molar-refractivity contribution in [1.82, 2.24) is 15.8 Å². The van der Waals surface area contributed by atoms with E-state index < -0.39 is 17.8 Å². The van der Waals surface area contributed by atoms with Crippen molar-refractivity contribution in [3.63, 3.8) is 0 Å². The Labute approximate surface area is 149 Å². The van der Waals surface area contributed by atoms with E-state index in [0.717, 1.165) is 10.6 Å². The second-order valence-electron chi connectivity index (χ2n) is 5.52. The molecule has 2 aromatic carbocycles. The lowest BCUT2D eigenvalue weighted by Crippen LogP contribution is -2.44. The van der Waals surface area contributed by atoms with Crippen LogP contribution in [0, 0.1) is 0 Å². The summed E-state index contributed by atoms with van der Waals surface area (Å²) >= 11 is 0. The molecule has 2 N–H and O–H groups in total. The van der Waals surface area contributed by atoms with Crippen LogP contribution in [0.4, 0.5) is 4.79 Å². The first-order valence-corrected chi connectivity index (χ1v) is 7.84. The molecule has 1 saturated heterocycles. The highest BCUT2D eigenvalue weighted by atomic mass is 16.5. The number of rotatable bonds is 6. The number of ether oxygens (including phenoxy) is 2. The van der Waals surface area contributed by atoms with Gasteiger partial charge in [0.05, 0.1) is 7.11 Å². The molecule has 1 fully saturated rings. The van der Waals surface area contributed by atoms with Crippen LogP contribution in [-0.2, 0) is 11.4 Å². The van der Waals surface area contributed by atoms with E-state index in [-0.39, 0.29) is 12.1 Å². The van der Waals surface area contributed by atoms with Gasteiger partial charge < -0.3 is 9.47 Å². The maximum atomic E-state index is 12.3. The van der Waals surface area contributed by atoms with Gasteiger partial charge in [-0.15, -0.1) is 0 Å². The van der Waals surface area contributed by atoms with Crippen molar-refractivity contribution in [2.45, 2.75) is 6.61 Å². The first-order valence-electron chi connectivity index (χ1n) is 7.84. The Bertz CT molecular complexity index is 838. The standard InChI is InChI=1S/C18H17N3O5/c1-25-15-9-13(17(23)20-21-10-16(22)19-18(21)24)7-8-14(15)26-11-12-5-3-2-4-6-12/h2-9H,10-11H2,1H3,(H,20,23)(H,19,22,24). The number of methoxy groups -OCH3 is 1. The summed E-state index contributed by atoms with van der Waals surface area (Å²) in [5.41, 5.74) is 3.63. The van der Waals surface area contributed by atoms with Gasteiger partial charge >= 0.3 is 6.03 Å². The van der Waals surface area contributed by atoms with Crippen molar-refractivity contribution in [3.05, 3.63) is 59.7 Å². The Kier molecular flexibility index (Phi) is 5.02. The smallest absolute Gasteiger partial charge is 0.343 e. The lowest BCUT2D eigenvalue weighted by atomic mass is 10.2. The minimum atomic E-state index is -0.668. The first-order chi connectivity index (χ1) is 12.6. The van der Waals surface area contributed by atoms with E-state index in [1.807, 2.05) is 30.3 Å². The zero-order valence-electron chi connectivity index (χ0n) is 14.0. The largest absolute Gasteiger partial charge is 0.493 e. The topological polar surface area (TPSA) is 97.0 Å². The molecule has 0 aliphatic carbocycles. The summed E-state index contributed by atoms with van der Waals surface area (Å²) in [4.78, 5) is 34.9. The fourth-order valence-corrected chi connectivity index (χ4v) is 2.38. The first kappa shape index (κ1) is 17.3. The van der Waals surface area contributed by atoms with Crippen LogP contribution in [0.5, 0.6) is 11.5 Å². The molecule has 0 radical (unpaired) electrons. The summed E-state index contributed by atoms with van der Waals surface area (Å²) in [6, 6.07) is 13.6. The minimum absolute atomic E-state index is 0.222. The number of benzene rings is 2. The highest BCUT2D eigenvalue weighted by Gasteiger charge is 2.28. The molecule has 26 heavy (non-hydrogen) atoms. The molecule has 134 valence electrons. The number of hydrogen-bond donors (Lipinski definition) is 2. The van der Waals surface area contributed by atoms with Crippen molar-refractivity contribution >= 4 is 17.8 Å². The minimum Gasteiger partial charge on any atom is -0.493 e. The van der Waals surface area contributed by atoms with Gasteiger partial charge in [0, 0.05) is 5.56 Å². The number of nitrogens with zero attached hydrogens (tertiary/aromatic N) is 1. The Hall–Kier alpha value is -3.55. The van der Waals surface area contributed by atoms with Gasteiger partial charge in [-0.3, -0.25) is 20.3 Å². The average molecular weight is 355 g/mol. The van der Waals surface area contributed by atoms with E-state index in [4.69, 9.17) is 9.47 Å². The number of imide groups is 1. The van der Waals surface area contributed by atoms with E-state index in [0.29, 0.717) is 18.1 Å². The van der Waals surface area contributed by atoms with E-state index in [2.05, 4.69) is 10.7 Å². The number of nitrogens with one attached hydrogen (secondary N) is 2. The van der Waals surface area contributed by atoms with Gasteiger partial charge in [-0.2, -0.15) is 0 Å². The second-order valence-corrected chi connectivity index (χ2v) is 5.52. The van der Waals surface area contributed by atoms with Crippen LogP contribution in [0.2, 0.25) is 0 Å². The highest BCUT2D eigenvalue weighted by molar-refractivity contribution is 6.04. The highest BCUT2D eigenvalue weighted by Crippen LogP contribution is 2.29. The molecule has 0 unspecified atom stereocenters. The molecule has 8 heteroatoms. The number of carbonyl (C=O) groups is 3. The number of hydrazine groups is 1. The van der Waals surface area contributed by atoms with Gasteiger partial charge in [0.1, 0.15) is 13.2 Å². The van der Waals surface area contributed by atoms with Crippen LogP contribution in [0.1, 0.15) is 15.9 Å². The molecule has 0 aromatic heterocycles. The molecule has 1 aliphatic rings. The van der Waals surface area contributed by atoms with Crippen molar-refractivity contribution < 1.29 is 23.9 Å². The Morgan fingerprint density at radius 1 is 1.15 bits per heavy atom. The molecular formula is C18H17N3O5. The SMILES string of the molecule is COc1cc(C(=O)NN2CC(=O)NC2=O)ccc1OCc1ccccc1. The number of hydrogen-bond acceptors (Lipinski definition) is 5. The number of amides is 4. The molecule has 4 amide bonds. The fourth-order valence-electron chi connectivity index (χ4n) is 2.38.